The Bertz CT molecular complexity index is 518. The summed E-state index contributed by atoms with van der Waals surface area (Å²) in [6, 6.07) is 8.40. The molecule has 98 valence electrons. The zero-order chi connectivity index (χ0) is 13.8. The molecule has 5 heteroatoms. The summed E-state index contributed by atoms with van der Waals surface area (Å²) in [5.41, 5.74) is 0.745. The summed E-state index contributed by atoms with van der Waals surface area (Å²) >= 11 is 0. The summed E-state index contributed by atoms with van der Waals surface area (Å²) in [7, 11) is 0. The molecule has 0 spiro atoms. The maximum absolute atomic E-state index is 11.7. The average Bonchev–Trinajstić information content (AvgIpc) is 2.72. The maximum atomic E-state index is 11.7. The van der Waals surface area contributed by atoms with Crippen LogP contribution in [0.3, 0.4) is 0 Å². The average molecular weight is 259 g/mol. The van der Waals surface area contributed by atoms with E-state index in [0.29, 0.717) is 0 Å². The van der Waals surface area contributed by atoms with Gasteiger partial charge in [0.1, 0.15) is 6.61 Å². The Morgan fingerprint density at radius 1 is 1.16 bits per heavy atom. The Labute approximate surface area is 110 Å². The first-order valence-corrected chi connectivity index (χ1v) is 5.83. The standard InChI is InChI=1S/C14H13NO4/c1-10(16)19-9-12(11-5-3-2-4-6-11)15-13(17)7-8-14(15)18/h2-8,12H,9H2,1H3/t12-/m0/s1. The van der Waals surface area contributed by atoms with E-state index in [4.69, 9.17) is 4.74 Å². The molecule has 1 aromatic carbocycles. The van der Waals surface area contributed by atoms with Crippen molar-refractivity contribution >= 4 is 17.8 Å². The molecule has 0 radical (unpaired) electrons. The van der Waals surface area contributed by atoms with Gasteiger partial charge in [-0.1, -0.05) is 30.3 Å². The number of benzene rings is 1. The van der Waals surface area contributed by atoms with Crippen molar-refractivity contribution in [1.82, 2.24) is 4.90 Å². The molecule has 2 amide bonds. The van der Waals surface area contributed by atoms with E-state index >= 15 is 0 Å². The fourth-order valence-electron chi connectivity index (χ4n) is 1.91. The van der Waals surface area contributed by atoms with Crippen LogP contribution >= 0.6 is 0 Å². The van der Waals surface area contributed by atoms with Crippen molar-refractivity contribution in [3.63, 3.8) is 0 Å². The first-order valence-electron chi connectivity index (χ1n) is 5.83. The number of nitrogens with zero attached hydrogens (tertiary/aromatic N) is 1. The molecule has 5 nitrogen and oxygen atoms in total. The van der Waals surface area contributed by atoms with Gasteiger partial charge < -0.3 is 4.74 Å². The number of carbonyl (C=O) groups is 3. The van der Waals surface area contributed by atoms with E-state index in [0.717, 1.165) is 10.5 Å². The Kier molecular flexibility index (Phi) is 3.75. The van der Waals surface area contributed by atoms with E-state index in [9.17, 15) is 14.4 Å². The van der Waals surface area contributed by atoms with Crippen LogP contribution < -0.4 is 0 Å². The highest BCUT2D eigenvalue weighted by molar-refractivity contribution is 6.13. The summed E-state index contributed by atoms with van der Waals surface area (Å²) in [5.74, 6) is -1.25. The Morgan fingerprint density at radius 2 is 1.74 bits per heavy atom. The lowest BCUT2D eigenvalue weighted by Gasteiger charge is -2.26. The van der Waals surface area contributed by atoms with E-state index in [2.05, 4.69) is 0 Å². The zero-order valence-corrected chi connectivity index (χ0v) is 10.4. The van der Waals surface area contributed by atoms with Gasteiger partial charge in [-0.25, -0.2) is 0 Å². The van der Waals surface area contributed by atoms with Gasteiger partial charge in [0.15, 0.2) is 0 Å². The molecule has 0 N–H and O–H groups in total. The zero-order valence-electron chi connectivity index (χ0n) is 10.4. The number of carbonyl (C=O) groups excluding carboxylic acids is 3. The second-order valence-electron chi connectivity index (χ2n) is 4.11. The van der Waals surface area contributed by atoms with Crippen molar-refractivity contribution in [3.05, 3.63) is 48.0 Å². The molecule has 0 saturated heterocycles. The minimum atomic E-state index is -0.597. The molecule has 1 atom stereocenters. The van der Waals surface area contributed by atoms with Crippen LogP contribution in [0.4, 0.5) is 0 Å². The quantitative estimate of drug-likeness (QED) is 0.602. The van der Waals surface area contributed by atoms with Crippen LogP contribution in [0.2, 0.25) is 0 Å². The minimum absolute atomic E-state index is 0.0431. The van der Waals surface area contributed by atoms with Crippen LogP contribution in [0.15, 0.2) is 42.5 Å². The topological polar surface area (TPSA) is 63.7 Å². The number of amides is 2. The third kappa shape index (κ3) is 2.88. The monoisotopic (exact) mass is 259 g/mol. The van der Waals surface area contributed by atoms with Gasteiger partial charge in [-0.3, -0.25) is 19.3 Å². The maximum Gasteiger partial charge on any atom is 0.302 e. The van der Waals surface area contributed by atoms with Gasteiger partial charge in [0.05, 0.1) is 6.04 Å². The lowest BCUT2D eigenvalue weighted by Crippen LogP contribution is -2.37. The molecule has 0 bridgehead atoms. The van der Waals surface area contributed by atoms with E-state index in [1.165, 1.54) is 19.1 Å². The molecule has 1 heterocycles. The minimum Gasteiger partial charge on any atom is -0.463 e. The van der Waals surface area contributed by atoms with Crippen LogP contribution in [-0.4, -0.2) is 29.3 Å². The van der Waals surface area contributed by atoms with Gasteiger partial charge >= 0.3 is 5.97 Å². The highest BCUT2D eigenvalue weighted by atomic mass is 16.5. The van der Waals surface area contributed by atoms with Crippen LogP contribution in [0.1, 0.15) is 18.5 Å². The van der Waals surface area contributed by atoms with Crippen LogP contribution in [0, 0.1) is 0 Å². The molecule has 0 unspecified atom stereocenters. The number of imide groups is 1. The number of hydrogen-bond acceptors (Lipinski definition) is 4. The molecule has 0 fully saturated rings. The lowest BCUT2D eigenvalue weighted by atomic mass is 10.1. The highest BCUT2D eigenvalue weighted by Crippen LogP contribution is 2.24. The van der Waals surface area contributed by atoms with Crippen molar-refractivity contribution in [2.24, 2.45) is 0 Å². The van der Waals surface area contributed by atoms with Crippen molar-refractivity contribution in [2.45, 2.75) is 13.0 Å². The molecular weight excluding hydrogens is 246 g/mol. The molecule has 0 aliphatic carbocycles. The summed E-state index contributed by atoms with van der Waals surface area (Å²) in [6.07, 6.45) is 2.43. The van der Waals surface area contributed by atoms with Gasteiger partial charge in [0.25, 0.3) is 11.8 Å². The molecular formula is C14H13NO4. The van der Waals surface area contributed by atoms with E-state index in [-0.39, 0.29) is 6.61 Å². The van der Waals surface area contributed by atoms with E-state index in [1.807, 2.05) is 6.07 Å². The molecule has 19 heavy (non-hydrogen) atoms. The first kappa shape index (κ1) is 13.0. The van der Waals surface area contributed by atoms with Gasteiger partial charge in [-0.2, -0.15) is 0 Å². The van der Waals surface area contributed by atoms with E-state index in [1.54, 1.807) is 24.3 Å². The van der Waals surface area contributed by atoms with Crippen LogP contribution in [0.5, 0.6) is 0 Å². The van der Waals surface area contributed by atoms with E-state index < -0.39 is 23.8 Å². The number of ether oxygens (including phenoxy) is 1. The van der Waals surface area contributed by atoms with Gasteiger partial charge in [-0.15, -0.1) is 0 Å². The Morgan fingerprint density at radius 3 is 2.26 bits per heavy atom. The predicted octanol–water partition coefficient (Wildman–Crippen LogP) is 1.22. The second kappa shape index (κ2) is 5.48. The highest BCUT2D eigenvalue weighted by Gasteiger charge is 2.32. The van der Waals surface area contributed by atoms with Crippen molar-refractivity contribution in [3.8, 4) is 0 Å². The van der Waals surface area contributed by atoms with Crippen molar-refractivity contribution in [1.29, 1.82) is 0 Å². The molecule has 1 aliphatic heterocycles. The lowest BCUT2D eigenvalue weighted by molar-refractivity contribution is -0.149. The summed E-state index contributed by atoms with van der Waals surface area (Å²) in [5, 5.41) is 0. The summed E-state index contributed by atoms with van der Waals surface area (Å²) < 4.78 is 4.95. The first-order chi connectivity index (χ1) is 9.09. The Balaban J connectivity index is 2.27. The predicted molar refractivity (Wildman–Crippen MR) is 66.8 cm³/mol. The molecule has 2 rings (SSSR count). The van der Waals surface area contributed by atoms with Crippen LogP contribution in [-0.2, 0) is 19.1 Å². The summed E-state index contributed by atoms with van der Waals surface area (Å²) in [6.45, 7) is 1.24. The van der Waals surface area contributed by atoms with Gasteiger partial charge in [0.2, 0.25) is 0 Å². The molecule has 0 saturated carbocycles. The fraction of sp³-hybridized carbons (Fsp3) is 0.214. The van der Waals surface area contributed by atoms with Crippen molar-refractivity contribution in [2.75, 3.05) is 6.61 Å². The number of hydrogen-bond donors (Lipinski definition) is 0. The molecule has 0 aromatic heterocycles. The SMILES string of the molecule is CC(=O)OC[C@@H](c1ccccc1)N1C(=O)C=CC1=O. The van der Waals surface area contributed by atoms with Crippen molar-refractivity contribution < 1.29 is 19.1 Å². The molecule has 1 aliphatic rings. The largest absolute Gasteiger partial charge is 0.463 e. The Hall–Kier alpha value is -2.43. The third-order valence-corrected chi connectivity index (χ3v) is 2.78. The second-order valence-corrected chi connectivity index (χ2v) is 4.11. The van der Waals surface area contributed by atoms with Gasteiger partial charge in [-0.05, 0) is 5.56 Å². The van der Waals surface area contributed by atoms with Crippen LogP contribution in [0.25, 0.3) is 0 Å². The molecule has 1 aromatic rings. The normalized spacial score (nSPS) is 15.7. The third-order valence-electron chi connectivity index (χ3n) is 2.78. The number of esters is 1. The smallest absolute Gasteiger partial charge is 0.302 e. The fourth-order valence-corrected chi connectivity index (χ4v) is 1.91. The number of rotatable bonds is 4. The summed E-state index contributed by atoms with van der Waals surface area (Å²) in [4.78, 5) is 35.5. The van der Waals surface area contributed by atoms with Gasteiger partial charge in [0, 0.05) is 19.1 Å².